The average Bonchev–Trinajstić information content (AvgIpc) is 2.81. The van der Waals surface area contributed by atoms with Gasteiger partial charge in [0, 0.05) is 43.0 Å². The van der Waals surface area contributed by atoms with E-state index >= 15 is 0 Å². The Morgan fingerprint density at radius 2 is 1.65 bits per heavy atom. The fourth-order valence-electron chi connectivity index (χ4n) is 5.19. The van der Waals surface area contributed by atoms with Gasteiger partial charge in [0.25, 0.3) is 0 Å². The molecule has 0 N–H and O–H groups in total. The Kier molecular flexibility index (Phi) is 8.42. The van der Waals surface area contributed by atoms with Crippen LogP contribution in [-0.4, -0.2) is 71.8 Å². The van der Waals surface area contributed by atoms with Crippen molar-refractivity contribution in [1.82, 2.24) is 19.7 Å². The van der Waals surface area contributed by atoms with Gasteiger partial charge in [0.2, 0.25) is 0 Å². The van der Waals surface area contributed by atoms with Crippen LogP contribution in [0.25, 0.3) is 0 Å². The fourth-order valence-corrected chi connectivity index (χ4v) is 5.67. The number of thioether (sulfide) groups is 1. The fraction of sp³-hybridized carbons (Fsp3) is 0.577. The third-order valence-corrected chi connectivity index (χ3v) is 7.79. The predicted octanol–water partition coefficient (Wildman–Crippen LogP) is 4.61. The van der Waals surface area contributed by atoms with Crippen molar-refractivity contribution in [3.8, 4) is 0 Å². The van der Waals surface area contributed by atoms with Gasteiger partial charge in [-0.2, -0.15) is 0 Å². The van der Waals surface area contributed by atoms with Crippen LogP contribution in [0.4, 0.5) is 0 Å². The topological polar surface area (TPSA) is 22.6 Å². The second kappa shape index (κ2) is 11.5. The molecule has 0 atom stereocenters. The molecule has 0 bridgehead atoms. The van der Waals surface area contributed by atoms with Crippen LogP contribution < -0.4 is 0 Å². The van der Waals surface area contributed by atoms with Crippen LogP contribution in [0.1, 0.15) is 36.8 Å². The highest BCUT2D eigenvalue weighted by molar-refractivity contribution is 7.98. The van der Waals surface area contributed by atoms with E-state index in [9.17, 15) is 0 Å². The molecule has 0 aliphatic carbocycles. The molecular weight excluding hydrogens is 400 g/mol. The summed E-state index contributed by atoms with van der Waals surface area (Å²) in [4.78, 5) is 13.5. The zero-order valence-electron chi connectivity index (χ0n) is 19.2. The molecule has 2 aliphatic heterocycles. The number of piperidine rings is 2. The number of likely N-dealkylation sites (tertiary alicyclic amines) is 2. The van der Waals surface area contributed by atoms with Gasteiger partial charge in [-0.15, -0.1) is 11.8 Å². The predicted molar refractivity (Wildman–Crippen MR) is 131 cm³/mol. The molecule has 2 aliphatic rings. The Bertz CT molecular complexity index is 783. The molecule has 4 rings (SSSR count). The molecule has 4 nitrogen and oxygen atoms in total. The first-order valence-corrected chi connectivity index (χ1v) is 13.1. The van der Waals surface area contributed by atoms with E-state index in [1.807, 2.05) is 24.2 Å². The van der Waals surface area contributed by atoms with Crippen LogP contribution in [0.15, 0.2) is 53.7 Å². The van der Waals surface area contributed by atoms with Crippen molar-refractivity contribution in [2.24, 2.45) is 5.92 Å². The molecule has 5 heteroatoms. The van der Waals surface area contributed by atoms with E-state index in [0.717, 1.165) is 25.0 Å². The minimum Gasteiger partial charge on any atom is -0.306 e. The molecular formula is C26H38N4S. The molecule has 1 aromatic carbocycles. The van der Waals surface area contributed by atoms with Gasteiger partial charge in [-0.3, -0.25) is 9.88 Å². The Balaban J connectivity index is 1.35. The Labute approximate surface area is 193 Å². The quantitative estimate of drug-likeness (QED) is 0.560. The summed E-state index contributed by atoms with van der Waals surface area (Å²) in [7, 11) is 2.26. The Morgan fingerprint density at radius 1 is 0.935 bits per heavy atom. The van der Waals surface area contributed by atoms with Gasteiger partial charge in [-0.25, -0.2) is 0 Å². The molecule has 2 aromatic rings. The lowest BCUT2D eigenvalue weighted by atomic mass is 9.92. The number of aromatic nitrogens is 1. The number of nitrogens with zero attached hydrogens (tertiary/aromatic N) is 4. The molecule has 1 aromatic heterocycles. The van der Waals surface area contributed by atoms with E-state index in [4.69, 9.17) is 0 Å². The van der Waals surface area contributed by atoms with Crippen molar-refractivity contribution in [2.75, 3.05) is 46.0 Å². The third kappa shape index (κ3) is 6.79. The van der Waals surface area contributed by atoms with Gasteiger partial charge >= 0.3 is 0 Å². The van der Waals surface area contributed by atoms with Crippen LogP contribution in [0, 0.1) is 5.92 Å². The van der Waals surface area contributed by atoms with Gasteiger partial charge in [0.15, 0.2) is 0 Å². The lowest BCUT2D eigenvalue weighted by Gasteiger charge is -2.42. The molecule has 2 fully saturated rings. The van der Waals surface area contributed by atoms with Crippen molar-refractivity contribution >= 4 is 11.8 Å². The van der Waals surface area contributed by atoms with Crippen molar-refractivity contribution in [3.05, 3.63) is 59.9 Å². The first kappa shape index (κ1) is 22.8. The summed E-state index contributed by atoms with van der Waals surface area (Å²) in [6.07, 6.45) is 11.4. The summed E-state index contributed by atoms with van der Waals surface area (Å²) in [6, 6.07) is 14.2. The normalized spacial score (nSPS) is 19.8. The molecule has 3 heterocycles. The van der Waals surface area contributed by atoms with Crippen molar-refractivity contribution in [3.63, 3.8) is 0 Å². The summed E-state index contributed by atoms with van der Waals surface area (Å²) >= 11 is 1.83. The second-order valence-corrected chi connectivity index (χ2v) is 10.3. The van der Waals surface area contributed by atoms with Gasteiger partial charge in [-0.05, 0) is 106 Å². The maximum atomic E-state index is 4.20. The molecule has 0 amide bonds. The van der Waals surface area contributed by atoms with Crippen LogP contribution >= 0.6 is 11.8 Å². The second-order valence-electron chi connectivity index (χ2n) is 9.39. The Hall–Kier alpha value is -1.40. The standard InChI is InChI=1S/C26H38N4S/c1-28-14-10-25(11-15-28)30-16-8-23(9-17-30)20-29(19-22-6-12-27-13-7-22)21-24-4-3-5-26(18-24)31-2/h3-7,12-13,18,23,25H,8-11,14-17,19-21H2,1-2H3. The number of hydrogen-bond donors (Lipinski definition) is 0. The first-order chi connectivity index (χ1) is 15.2. The highest BCUT2D eigenvalue weighted by Crippen LogP contribution is 2.26. The lowest BCUT2D eigenvalue weighted by Crippen LogP contribution is -2.47. The third-order valence-electron chi connectivity index (χ3n) is 7.07. The van der Waals surface area contributed by atoms with Crippen LogP contribution in [0.2, 0.25) is 0 Å². The number of pyridine rings is 1. The van der Waals surface area contributed by atoms with Gasteiger partial charge in [0.05, 0.1) is 0 Å². The maximum absolute atomic E-state index is 4.20. The molecule has 0 saturated carbocycles. The monoisotopic (exact) mass is 438 g/mol. The summed E-state index contributed by atoms with van der Waals surface area (Å²) < 4.78 is 0. The van der Waals surface area contributed by atoms with E-state index in [1.54, 1.807) is 0 Å². The zero-order valence-corrected chi connectivity index (χ0v) is 20.1. The minimum atomic E-state index is 0.799. The number of rotatable bonds is 8. The average molecular weight is 439 g/mol. The summed E-state index contributed by atoms with van der Waals surface area (Å²) in [5.41, 5.74) is 2.78. The SMILES string of the molecule is CSc1cccc(CN(Cc2ccncc2)CC2CCN(C3CCN(C)CC3)CC2)c1. The molecule has 0 spiro atoms. The highest BCUT2D eigenvalue weighted by Gasteiger charge is 2.28. The molecule has 0 radical (unpaired) electrons. The molecule has 2 saturated heterocycles. The van der Waals surface area contributed by atoms with Crippen LogP contribution in [0.5, 0.6) is 0 Å². The van der Waals surface area contributed by atoms with E-state index in [1.165, 1.54) is 74.4 Å². The highest BCUT2D eigenvalue weighted by atomic mass is 32.2. The largest absolute Gasteiger partial charge is 0.306 e. The molecule has 0 unspecified atom stereocenters. The number of hydrogen-bond acceptors (Lipinski definition) is 5. The summed E-state index contributed by atoms with van der Waals surface area (Å²) in [5, 5.41) is 0. The van der Waals surface area contributed by atoms with Crippen LogP contribution in [0.3, 0.4) is 0 Å². The summed E-state index contributed by atoms with van der Waals surface area (Å²) in [5.74, 6) is 0.799. The van der Waals surface area contributed by atoms with Crippen molar-refractivity contribution in [1.29, 1.82) is 0 Å². The van der Waals surface area contributed by atoms with E-state index in [-0.39, 0.29) is 0 Å². The Morgan fingerprint density at radius 3 is 2.35 bits per heavy atom. The van der Waals surface area contributed by atoms with Gasteiger partial charge < -0.3 is 9.80 Å². The van der Waals surface area contributed by atoms with Gasteiger partial charge in [-0.1, -0.05) is 12.1 Å². The molecule has 31 heavy (non-hydrogen) atoms. The molecule has 168 valence electrons. The first-order valence-electron chi connectivity index (χ1n) is 11.9. The van der Waals surface area contributed by atoms with E-state index in [0.29, 0.717) is 0 Å². The number of benzene rings is 1. The van der Waals surface area contributed by atoms with Gasteiger partial charge in [0.1, 0.15) is 0 Å². The maximum Gasteiger partial charge on any atom is 0.0271 e. The van der Waals surface area contributed by atoms with Crippen molar-refractivity contribution in [2.45, 2.75) is 49.7 Å². The summed E-state index contributed by atoms with van der Waals surface area (Å²) in [6.45, 7) is 8.30. The van der Waals surface area contributed by atoms with E-state index in [2.05, 4.69) is 69.4 Å². The zero-order chi connectivity index (χ0) is 21.5. The smallest absolute Gasteiger partial charge is 0.0271 e. The van der Waals surface area contributed by atoms with E-state index < -0.39 is 0 Å². The van der Waals surface area contributed by atoms with Crippen molar-refractivity contribution < 1.29 is 0 Å². The van der Waals surface area contributed by atoms with Crippen LogP contribution in [-0.2, 0) is 13.1 Å². The lowest BCUT2D eigenvalue weighted by molar-refractivity contribution is 0.0728. The minimum absolute atomic E-state index is 0.799.